The molecule has 0 radical (unpaired) electrons. The van der Waals surface area contributed by atoms with Gasteiger partial charge in [-0.25, -0.2) is 4.79 Å². The summed E-state index contributed by atoms with van der Waals surface area (Å²) < 4.78 is 12.8. The van der Waals surface area contributed by atoms with Gasteiger partial charge in [-0.2, -0.15) is 0 Å². The minimum atomic E-state index is -0.445. The quantitative estimate of drug-likeness (QED) is 0.848. The summed E-state index contributed by atoms with van der Waals surface area (Å²) in [5.41, 5.74) is 1.96. The van der Waals surface area contributed by atoms with Gasteiger partial charge in [-0.3, -0.25) is 4.72 Å². The summed E-state index contributed by atoms with van der Waals surface area (Å²) in [4.78, 5) is 12.0. The van der Waals surface area contributed by atoms with Crippen molar-refractivity contribution in [3.8, 4) is 0 Å². The highest BCUT2D eigenvalue weighted by molar-refractivity contribution is 7.98. The number of ether oxygens (including phenoxy) is 1. The molecule has 1 aromatic carbocycles. The van der Waals surface area contributed by atoms with E-state index in [1.807, 2.05) is 25.1 Å². The second kappa shape index (κ2) is 5.14. The number of hydrogen-bond acceptors (Lipinski definition) is 4. The topological polar surface area (TPSA) is 51.5 Å². The van der Waals surface area contributed by atoms with Crippen LogP contribution >= 0.6 is 11.9 Å². The molecule has 1 N–H and O–H groups in total. The van der Waals surface area contributed by atoms with Crippen LogP contribution in [0.3, 0.4) is 0 Å². The fraction of sp³-hybridized carbons (Fsp3) is 0.250. The molecule has 1 amide bonds. The highest BCUT2D eigenvalue weighted by atomic mass is 32.2. The van der Waals surface area contributed by atoms with E-state index in [9.17, 15) is 4.79 Å². The average Bonchev–Trinajstić information content (AvgIpc) is 2.69. The Morgan fingerprint density at radius 3 is 3.12 bits per heavy atom. The van der Waals surface area contributed by atoms with E-state index in [1.54, 1.807) is 13.2 Å². The van der Waals surface area contributed by atoms with Crippen molar-refractivity contribution < 1.29 is 13.9 Å². The van der Waals surface area contributed by atoms with Gasteiger partial charge in [-0.15, -0.1) is 0 Å². The maximum atomic E-state index is 11.2. The normalized spacial score (nSPS) is 10.5. The fourth-order valence-corrected chi connectivity index (χ4v) is 2.07. The van der Waals surface area contributed by atoms with Crippen molar-refractivity contribution in [1.29, 1.82) is 0 Å². The number of rotatable bonds is 3. The van der Waals surface area contributed by atoms with Crippen LogP contribution in [-0.4, -0.2) is 12.7 Å². The summed E-state index contributed by atoms with van der Waals surface area (Å²) >= 11 is 1.20. The number of nitrogens with one attached hydrogen (secondary N) is 1. The van der Waals surface area contributed by atoms with Crippen molar-refractivity contribution in [2.45, 2.75) is 18.7 Å². The van der Waals surface area contributed by atoms with Gasteiger partial charge in [0.25, 0.3) is 0 Å². The molecule has 2 rings (SSSR count). The van der Waals surface area contributed by atoms with Crippen molar-refractivity contribution in [1.82, 2.24) is 4.72 Å². The molecule has 5 heteroatoms. The van der Waals surface area contributed by atoms with Crippen LogP contribution in [0.1, 0.15) is 12.5 Å². The van der Waals surface area contributed by atoms with Gasteiger partial charge in [-0.05, 0) is 37.9 Å². The highest BCUT2D eigenvalue weighted by Crippen LogP contribution is 2.28. The van der Waals surface area contributed by atoms with Crippen LogP contribution in [0, 0.1) is 6.92 Å². The third-order valence-corrected chi connectivity index (χ3v) is 3.02. The number of benzene rings is 1. The number of fused-ring (bicyclic) bond motifs is 1. The smallest absolute Gasteiger partial charge is 0.417 e. The molecule has 2 aromatic rings. The van der Waals surface area contributed by atoms with Gasteiger partial charge >= 0.3 is 6.09 Å². The van der Waals surface area contributed by atoms with Crippen LogP contribution in [0.2, 0.25) is 0 Å². The SMILES string of the molecule is CCOC(=O)NSc1coc2ccc(C)cc12. The first-order chi connectivity index (χ1) is 8.20. The molecule has 4 nitrogen and oxygen atoms in total. The number of furan rings is 1. The Morgan fingerprint density at radius 1 is 1.53 bits per heavy atom. The fourth-order valence-electron chi connectivity index (χ4n) is 1.46. The van der Waals surface area contributed by atoms with E-state index in [4.69, 9.17) is 9.15 Å². The van der Waals surface area contributed by atoms with Crippen LogP contribution in [0.25, 0.3) is 11.0 Å². The number of hydrogen-bond donors (Lipinski definition) is 1. The summed E-state index contributed by atoms with van der Waals surface area (Å²) in [5.74, 6) is 0. The van der Waals surface area contributed by atoms with E-state index in [0.717, 1.165) is 21.4 Å². The van der Waals surface area contributed by atoms with E-state index >= 15 is 0 Å². The highest BCUT2D eigenvalue weighted by Gasteiger charge is 2.08. The molecule has 0 aliphatic heterocycles. The lowest BCUT2D eigenvalue weighted by atomic mass is 10.2. The van der Waals surface area contributed by atoms with Crippen molar-refractivity contribution >= 4 is 29.0 Å². The van der Waals surface area contributed by atoms with E-state index in [-0.39, 0.29) is 0 Å². The Morgan fingerprint density at radius 2 is 2.35 bits per heavy atom. The summed E-state index contributed by atoms with van der Waals surface area (Å²) in [7, 11) is 0. The molecule has 1 aromatic heterocycles. The molecule has 0 fully saturated rings. The largest absolute Gasteiger partial charge is 0.463 e. The van der Waals surface area contributed by atoms with Crippen LogP contribution in [0.4, 0.5) is 4.79 Å². The zero-order valence-corrected chi connectivity index (χ0v) is 10.5. The van der Waals surface area contributed by atoms with Crippen LogP contribution < -0.4 is 4.72 Å². The van der Waals surface area contributed by atoms with Gasteiger partial charge in [0.15, 0.2) is 0 Å². The first-order valence-electron chi connectivity index (χ1n) is 5.28. The third kappa shape index (κ3) is 2.74. The van der Waals surface area contributed by atoms with Crippen molar-refractivity contribution in [3.63, 3.8) is 0 Å². The monoisotopic (exact) mass is 251 g/mol. The Balaban J connectivity index is 2.13. The standard InChI is InChI=1S/C12H13NO3S/c1-3-15-12(14)13-17-11-7-16-10-5-4-8(2)6-9(10)11/h4-7H,3H2,1-2H3,(H,13,14). The Hall–Kier alpha value is -1.62. The molecule has 0 spiro atoms. The van der Waals surface area contributed by atoms with Gasteiger partial charge in [0, 0.05) is 5.39 Å². The minimum absolute atomic E-state index is 0.359. The number of carbonyl (C=O) groups is 1. The number of carbonyl (C=O) groups excluding carboxylic acids is 1. The van der Waals surface area contributed by atoms with E-state index in [1.165, 1.54) is 11.9 Å². The second-order valence-corrected chi connectivity index (χ2v) is 4.37. The molecule has 0 bridgehead atoms. The third-order valence-electron chi connectivity index (χ3n) is 2.21. The predicted octanol–water partition coefficient (Wildman–Crippen LogP) is 3.49. The molecule has 90 valence electrons. The molecule has 0 saturated heterocycles. The van der Waals surface area contributed by atoms with Crippen molar-refractivity contribution in [2.24, 2.45) is 0 Å². The van der Waals surface area contributed by atoms with Gasteiger partial charge < -0.3 is 9.15 Å². The van der Waals surface area contributed by atoms with Crippen LogP contribution in [-0.2, 0) is 4.74 Å². The lowest BCUT2D eigenvalue weighted by Gasteiger charge is -2.02. The zero-order chi connectivity index (χ0) is 12.3. The second-order valence-electron chi connectivity index (χ2n) is 3.52. The minimum Gasteiger partial charge on any atom is -0.463 e. The maximum Gasteiger partial charge on any atom is 0.417 e. The van der Waals surface area contributed by atoms with Crippen LogP contribution in [0.15, 0.2) is 33.8 Å². The van der Waals surface area contributed by atoms with Crippen molar-refractivity contribution in [3.05, 3.63) is 30.0 Å². The Kier molecular flexibility index (Phi) is 3.58. The molecule has 0 aliphatic rings. The Bertz CT molecular complexity index is 536. The summed E-state index contributed by atoms with van der Waals surface area (Å²) in [6, 6.07) is 5.92. The van der Waals surface area contributed by atoms with Gasteiger partial charge in [0.05, 0.1) is 11.5 Å². The lowest BCUT2D eigenvalue weighted by molar-refractivity contribution is 0.159. The molecule has 0 unspecified atom stereocenters. The molecule has 0 saturated carbocycles. The molecular weight excluding hydrogens is 238 g/mol. The lowest BCUT2D eigenvalue weighted by Crippen LogP contribution is -2.16. The number of aryl methyl sites for hydroxylation is 1. The summed E-state index contributed by atoms with van der Waals surface area (Å²) in [6.45, 7) is 4.14. The maximum absolute atomic E-state index is 11.2. The first-order valence-corrected chi connectivity index (χ1v) is 6.10. The molecule has 1 heterocycles. The van der Waals surface area contributed by atoms with Gasteiger partial charge in [0.2, 0.25) is 0 Å². The molecule has 0 atom stereocenters. The van der Waals surface area contributed by atoms with Crippen LogP contribution in [0.5, 0.6) is 0 Å². The first kappa shape index (κ1) is 11.9. The van der Waals surface area contributed by atoms with Gasteiger partial charge in [-0.1, -0.05) is 11.6 Å². The summed E-state index contributed by atoms with van der Waals surface area (Å²) in [5, 5.41) is 0.992. The molecule has 0 aliphatic carbocycles. The average molecular weight is 251 g/mol. The van der Waals surface area contributed by atoms with Crippen molar-refractivity contribution in [2.75, 3.05) is 6.61 Å². The number of amides is 1. The van der Waals surface area contributed by atoms with Gasteiger partial charge in [0.1, 0.15) is 11.8 Å². The van der Waals surface area contributed by atoms with E-state index < -0.39 is 6.09 Å². The molecule has 17 heavy (non-hydrogen) atoms. The summed E-state index contributed by atoms with van der Waals surface area (Å²) in [6.07, 6.45) is 1.18. The zero-order valence-electron chi connectivity index (χ0n) is 9.65. The predicted molar refractivity (Wildman–Crippen MR) is 67.0 cm³/mol. The Labute approximate surface area is 103 Å². The van der Waals surface area contributed by atoms with E-state index in [0.29, 0.717) is 6.61 Å². The molecular formula is C12H13NO3S. The van der Waals surface area contributed by atoms with E-state index in [2.05, 4.69) is 4.72 Å².